The Morgan fingerprint density at radius 2 is 1.43 bits per heavy atom. The van der Waals surface area contributed by atoms with Gasteiger partial charge in [-0.2, -0.15) is 0 Å². The fourth-order valence-corrected chi connectivity index (χ4v) is 1.87. The lowest BCUT2D eigenvalue weighted by atomic mass is 9.96. The van der Waals surface area contributed by atoms with E-state index in [1.54, 1.807) is 19.0 Å². The van der Waals surface area contributed by atoms with Gasteiger partial charge < -0.3 is 19.1 Å². The van der Waals surface area contributed by atoms with Crippen molar-refractivity contribution in [2.45, 2.75) is 0 Å². The Bertz CT molecular complexity index is 617. The van der Waals surface area contributed by atoms with Crippen LogP contribution < -0.4 is 0 Å². The zero-order valence-electron chi connectivity index (χ0n) is 13.6. The summed E-state index contributed by atoms with van der Waals surface area (Å²) in [6.07, 6.45) is 3.85. The molecule has 0 aliphatic heterocycles. The maximum atomic E-state index is 12.1. The van der Waals surface area contributed by atoms with Crippen molar-refractivity contribution < 1.29 is 28.6 Å². The van der Waals surface area contributed by atoms with Crippen molar-refractivity contribution in [3.63, 3.8) is 0 Å². The van der Waals surface area contributed by atoms with Crippen LogP contribution in [0.3, 0.4) is 0 Å². The normalized spacial score (nSPS) is 10.7. The van der Waals surface area contributed by atoms with Crippen LogP contribution in [0.1, 0.15) is 26.3 Å². The zero-order valence-corrected chi connectivity index (χ0v) is 13.6. The molecule has 0 fully saturated rings. The smallest absolute Gasteiger partial charge is 0.340 e. The summed E-state index contributed by atoms with van der Waals surface area (Å²) in [5.41, 5.74) is -0.0530. The monoisotopic (exact) mass is 322 g/mol. The molecule has 23 heavy (non-hydrogen) atoms. The number of aromatic nitrogens is 1. The molecule has 8 heteroatoms. The van der Waals surface area contributed by atoms with E-state index in [1.165, 1.54) is 39.9 Å². The molecule has 0 unspecified atom stereocenters. The lowest BCUT2D eigenvalue weighted by Gasteiger charge is -2.15. The number of carbonyl (C=O) groups is 3. The van der Waals surface area contributed by atoms with Crippen LogP contribution in [0.2, 0.25) is 0 Å². The van der Waals surface area contributed by atoms with Gasteiger partial charge in [0.25, 0.3) is 0 Å². The minimum absolute atomic E-state index is 0.000648. The molecule has 1 rings (SSSR count). The SMILES string of the molecule is COC(=O)/C(=C\N(C)C)c1c(C(=O)OC)cncc1C(=O)OC. The van der Waals surface area contributed by atoms with Gasteiger partial charge >= 0.3 is 17.9 Å². The van der Waals surface area contributed by atoms with Gasteiger partial charge in [-0.1, -0.05) is 0 Å². The first kappa shape index (κ1) is 18.1. The molecular weight excluding hydrogens is 304 g/mol. The molecule has 1 aromatic heterocycles. The first-order valence-electron chi connectivity index (χ1n) is 6.48. The van der Waals surface area contributed by atoms with Gasteiger partial charge in [-0.25, -0.2) is 14.4 Å². The van der Waals surface area contributed by atoms with Crippen molar-refractivity contribution >= 4 is 23.5 Å². The Hall–Kier alpha value is -2.90. The first-order valence-corrected chi connectivity index (χ1v) is 6.48. The van der Waals surface area contributed by atoms with Crippen LogP contribution in [-0.2, 0) is 19.0 Å². The van der Waals surface area contributed by atoms with E-state index in [0.29, 0.717) is 0 Å². The van der Waals surface area contributed by atoms with Crippen LogP contribution in [0.5, 0.6) is 0 Å². The zero-order chi connectivity index (χ0) is 17.6. The molecule has 0 N–H and O–H groups in total. The van der Waals surface area contributed by atoms with E-state index in [9.17, 15) is 14.4 Å². The summed E-state index contributed by atoms with van der Waals surface area (Å²) >= 11 is 0. The van der Waals surface area contributed by atoms with Gasteiger partial charge in [0.05, 0.1) is 38.0 Å². The lowest BCUT2D eigenvalue weighted by molar-refractivity contribution is -0.133. The summed E-state index contributed by atoms with van der Waals surface area (Å²) < 4.78 is 14.1. The van der Waals surface area contributed by atoms with E-state index in [1.807, 2.05) is 0 Å². The predicted molar refractivity (Wildman–Crippen MR) is 80.6 cm³/mol. The summed E-state index contributed by atoms with van der Waals surface area (Å²) in [6.45, 7) is 0. The van der Waals surface area contributed by atoms with E-state index < -0.39 is 17.9 Å². The molecule has 0 amide bonds. The van der Waals surface area contributed by atoms with E-state index in [0.717, 1.165) is 0 Å². The second-order valence-corrected chi connectivity index (χ2v) is 4.59. The largest absolute Gasteiger partial charge is 0.465 e. The van der Waals surface area contributed by atoms with Gasteiger partial charge in [-0.05, 0) is 0 Å². The van der Waals surface area contributed by atoms with E-state index in [-0.39, 0.29) is 22.3 Å². The van der Waals surface area contributed by atoms with E-state index >= 15 is 0 Å². The maximum Gasteiger partial charge on any atom is 0.340 e. The maximum absolute atomic E-state index is 12.1. The molecule has 0 radical (unpaired) electrons. The van der Waals surface area contributed by atoms with Gasteiger partial charge in [0.15, 0.2) is 0 Å². The molecule has 0 atom stereocenters. The average Bonchev–Trinajstić information content (AvgIpc) is 2.56. The van der Waals surface area contributed by atoms with Gasteiger partial charge in [0, 0.05) is 38.3 Å². The fourth-order valence-electron chi connectivity index (χ4n) is 1.87. The fraction of sp³-hybridized carbons (Fsp3) is 0.333. The highest BCUT2D eigenvalue weighted by molar-refractivity contribution is 6.21. The Labute approximate surface area is 133 Å². The van der Waals surface area contributed by atoms with Gasteiger partial charge in [0.1, 0.15) is 0 Å². The Morgan fingerprint density at radius 3 is 1.78 bits per heavy atom. The standard InChI is InChI=1S/C15H18N2O6/c1-17(2)8-11(15(20)23-5)12-9(13(18)21-3)6-16-7-10(12)14(19)22-4/h6-8H,1-5H3/b11-8-. The number of methoxy groups -OCH3 is 3. The average molecular weight is 322 g/mol. The number of rotatable bonds is 5. The summed E-state index contributed by atoms with van der Waals surface area (Å²) in [4.78, 5) is 41.5. The van der Waals surface area contributed by atoms with Crippen LogP contribution in [0, 0.1) is 0 Å². The van der Waals surface area contributed by atoms with Crippen molar-refractivity contribution in [3.05, 3.63) is 35.3 Å². The number of ether oxygens (including phenoxy) is 3. The quantitative estimate of drug-likeness (QED) is 0.445. The number of esters is 3. The van der Waals surface area contributed by atoms with Crippen LogP contribution in [-0.4, -0.2) is 63.2 Å². The van der Waals surface area contributed by atoms with Gasteiger partial charge in [-0.15, -0.1) is 0 Å². The lowest BCUT2D eigenvalue weighted by Crippen LogP contribution is -2.18. The summed E-state index contributed by atoms with van der Waals surface area (Å²) in [5.74, 6) is -2.21. The third-order valence-corrected chi connectivity index (χ3v) is 2.82. The topological polar surface area (TPSA) is 95.0 Å². The number of hydrogen-bond donors (Lipinski definition) is 0. The molecule has 0 aliphatic carbocycles. The predicted octanol–water partition coefficient (Wildman–Crippen LogP) is 0.730. The van der Waals surface area contributed by atoms with Crippen LogP contribution in [0.15, 0.2) is 18.6 Å². The van der Waals surface area contributed by atoms with Gasteiger partial charge in [0.2, 0.25) is 0 Å². The van der Waals surface area contributed by atoms with Crippen molar-refractivity contribution in [2.75, 3.05) is 35.4 Å². The van der Waals surface area contributed by atoms with Crippen LogP contribution in [0.4, 0.5) is 0 Å². The Kier molecular flexibility index (Phi) is 6.25. The molecule has 0 saturated carbocycles. The second kappa shape index (κ2) is 7.92. The van der Waals surface area contributed by atoms with Crippen LogP contribution >= 0.6 is 0 Å². The molecule has 124 valence electrons. The molecule has 0 bridgehead atoms. The van der Waals surface area contributed by atoms with Crippen molar-refractivity contribution in [1.29, 1.82) is 0 Å². The number of hydrogen-bond acceptors (Lipinski definition) is 8. The van der Waals surface area contributed by atoms with Crippen LogP contribution in [0.25, 0.3) is 5.57 Å². The summed E-state index contributed by atoms with van der Waals surface area (Å²) in [5, 5.41) is 0. The minimum atomic E-state index is -0.744. The van der Waals surface area contributed by atoms with Crippen molar-refractivity contribution in [1.82, 2.24) is 9.88 Å². The van der Waals surface area contributed by atoms with E-state index in [2.05, 4.69) is 14.5 Å². The Morgan fingerprint density at radius 1 is 0.957 bits per heavy atom. The Balaban J connectivity index is 3.77. The summed E-state index contributed by atoms with van der Waals surface area (Å²) in [6, 6.07) is 0. The van der Waals surface area contributed by atoms with Gasteiger partial charge in [-0.3, -0.25) is 4.98 Å². The molecule has 0 aliphatic rings. The first-order chi connectivity index (χ1) is 10.9. The van der Waals surface area contributed by atoms with Crippen molar-refractivity contribution in [3.8, 4) is 0 Å². The highest BCUT2D eigenvalue weighted by atomic mass is 16.5. The minimum Gasteiger partial charge on any atom is -0.465 e. The molecule has 1 aromatic rings. The number of nitrogens with zero attached hydrogens (tertiary/aromatic N) is 2. The molecule has 0 aromatic carbocycles. The molecule has 1 heterocycles. The summed E-state index contributed by atoms with van der Waals surface area (Å²) in [7, 11) is 6.93. The van der Waals surface area contributed by atoms with Crippen molar-refractivity contribution in [2.24, 2.45) is 0 Å². The molecule has 8 nitrogen and oxygen atoms in total. The molecule has 0 saturated heterocycles. The number of pyridine rings is 1. The molecule has 0 spiro atoms. The highest BCUT2D eigenvalue weighted by Crippen LogP contribution is 2.26. The highest BCUT2D eigenvalue weighted by Gasteiger charge is 2.27. The number of carbonyl (C=O) groups excluding carboxylic acids is 3. The third kappa shape index (κ3) is 4.06. The third-order valence-electron chi connectivity index (χ3n) is 2.82. The second-order valence-electron chi connectivity index (χ2n) is 4.59. The molecular formula is C15H18N2O6. The van der Waals surface area contributed by atoms with E-state index in [4.69, 9.17) is 4.74 Å².